The van der Waals surface area contributed by atoms with E-state index >= 15 is 0 Å². The minimum atomic E-state index is 0.387. The van der Waals surface area contributed by atoms with E-state index in [-0.39, 0.29) is 0 Å². The third-order valence-electron chi connectivity index (χ3n) is 3.26. The Morgan fingerprint density at radius 2 is 2.17 bits per heavy atom. The van der Waals surface area contributed by atoms with Gasteiger partial charge in [0.15, 0.2) is 0 Å². The first-order chi connectivity index (χ1) is 8.74. The van der Waals surface area contributed by atoms with Crippen LogP contribution >= 0.6 is 11.3 Å². The summed E-state index contributed by atoms with van der Waals surface area (Å²) in [7, 11) is 0. The molecule has 0 N–H and O–H groups in total. The van der Waals surface area contributed by atoms with Gasteiger partial charge in [0.05, 0.1) is 6.04 Å². The van der Waals surface area contributed by atoms with Crippen molar-refractivity contribution in [3.63, 3.8) is 0 Å². The van der Waals surface area contributed by atoms with Crippen LogP contribution in [0.3, 0.4) is 0 Å². The third-order valence-corrected chi connectivity index (χ3v) is 4.32. The minimum absolute atomic E-state index is 0.387. The second-order valence-electron chi connectivity index (χ2n) is 4.70. The molecule has 1 unspecified atom stereocenters. The van der Waals surface area contributed by atoms with Crippen molar-refractivity contribution in [2.75, 3.05) is 11.4 Å². The molecule has 0 saturated carbocycles. The number of anilines is 1. The molecule has 3 rings (SSSR count). The summed E-state index contributed by atoms with van der Waals surface area (Å²) >= 11 is 1.75. The van der Waals surface area contributed by atoms with E-state index < -0.39 is 0 Å². The Hall–Kier alpha value is -1.49. The fourth-order valence-corrected chi connectivity index (χ4v) is 3.36. The molecule has 18 heavy (non-hydrogen) atoms. The standard InChI is InChI=1S/C13H16N4S/c1-9-6-12(15-8-14-9)17-5-3-4-11(17)13-16-10(2)7-18-13/h6-8,11H,3-5H2,1-2H3. The molecule has 1 fully saturated rings. The van der Waals surface area contributed by atoms with Gasteiger partial charge >= 0.3 is 0 Å². The van der Waals surface area contributed by atoms with Crippen molar-refractivity contribution in [2.45, 2.75) is 32.7 Å². The number of aryl methyl sites for hydroxylation is 2. The second-order valence-corrected chi connectivity index (χ2v) is 5.59. The van der Waals surface area contributed by atoms with Crippen molar-refractivity contribution < 1.29 is 0 Å². The molecule has 1 aliphatic heterocycles. The molecule has 0 radical (unpaired) electrons. The lowest BCUT2D eigenvalue weighted by atomic mass is 10.2. The molecule has 0 aliphatic carbocycles. The van der Waals surface area contributed by atoms with E-state index in [1.165, 1.54) is 11.4 Å². The zero-order valence-electron chi connectivity index (χ0n) is 10.6. The van der Waals surface area contributed by atoms with Gasteiger partial charge in [-0.05, 0) is 26.7 Å². The molecular formula is C13H16N4S. The summed E-state index contributed by atoms with van der Waals surface area (Å²) in [4.78, 5) is 15.5. The number of aromatic nitrogens is 3. The van der Waals surface area contributed by atoms with Crippen LogP contribution in [0.15, 0.2) is 17.8 Å². The van der Waals surface area contributed by atoms with E-state index in [0.29, 0.717) is 6.04 Å². The maximum absolute atomic E-state index is 4.62. The van der Waals surface area contributed by atoms with Gasteiger partial charge in [-0.2, -0.15) is 0 Å². The number of rotatable bonds is 2. The first-order valence-corrected chi connectivity index (χ1v) is 7.09. The highest BCUT2D eigenvalue weighted by atomic mass is 32.1. The van der Waals surface area contributed by atoms with Crippen LogP contribution in [0.25, 0.3) is 0 Å². The fraction of sp³-hybridized carbons (Fsp3) is 0.462. The average molecular weight is 260 g/mol. The SMILES string of the molecule is Cc1cc(N2CCCC2c2nc(C)cs2)ncn1. The van der Waals surface area contributed by atoms with E-state index in [0.717, 1.165) is 30.2 Å². The Kier molecular flexibility index (Phi) is 2.99. The van der Waals surface area contributed by atoms with Gasteiger partial charge in [0, 0.05) is 29.4 Å². The van der Waals surface area contributed by atoms with E-state index in [9.17, 15) is 0 Å². The quantitative estimate of drug-likeness (QED) is 0.832. The Bertz CT molecular complexity index is 551. The summed E-state index contributed by atoms with van der Waals surface area (Å²) in [5.74, 6) is 1.03. The Labute approximate surface area is 111 Å². The predicted octanol–water partition coefficient (Wildman–Crippen LogP) is 2.89. The molecule has 94 valence electrons. The highest BCUT2D eigenvalue weighted by Gasteiger charge is 2.29. The lowest BCUT2D eigenvalue weighted by Gasteiger charge is -2.24. The molecule has 1 saturated heterocycles. The van der Waals surface area contributed by atoms with E-state index in [1.807, 2.05) is 13.8 Å². The molecule has 2 aromatic rings. The highest BCUT2D eigenvalue weighted by Crippen LogP contribution is 2.36. The third kappa shape index (κ3) is 2.10. The van der Waals surface area contributed by atoms with Crippen LogP contribution in [0.5, 0.6) is 0 Å². The zero-order chi connectivity index (χ0) is 12.5. The molecular weight excluding hydrogens is 244 g/mol. The van der Waals surface area contributed by atoms with Gasteiger partial charge in [0.1, 0.15) is 17.2 Å². The van der Waals surface area contributed by atoms with Gasteiger partial charge in [0.25, 0.3) is 0 Å². The number of hydrogen-bond acceptors (Lipinski definition) is 5. The van der Waals surface area contributed by atoms with Crippen LogP contribution in [-0.2, 0) is 0 Å². The number of nitrogens with zero attached hydrogens (tertiary/aromatic N) is 4. The summed E-state index contributed by atoms with van der Waals surface area (Å²) in [6.07, 6.45) is 4.01. The molecule has 0 aromatic carbocycles. The van der Waals surface area contributed by atoms with Crippen molar-refractivity contribution in [1.29, 1.82) is 0 Å². The summed E-state index contributed by atoms with van der Waals surface area (Å²) in [6, 6.07) is 2.44. The second kappa shape index (κ2) is 4.65. The van der Waals surface area contributed by atoms with Gasteiger partial charge in [-0.1, -0.05) is 0 Å². The van der Waals surface area contributed by atoms with E-state index in [1.54, 1.807) is 17.7 Å². The van der Waals surface area contributed by atoms with E-state index in [4.69, 9.17) is 0 Å². The summed E-state index contributed by atoms with van der Waals surface area (Å²) in [6.45, 7) is 5.11. The van der Waals surface area contributed by atoms with Crippen molar-refractivity contribution in [3.8, 4) is 0 Å². The van der Waals surface area contributed by atoms with Gasteiger partial charge in [0.2, 0.25) is 0 Å². The van der Waals surface area contributed by atoms with Crippen molar-refractivity contribution in [2.24, 2.45) is 0 Å². The summed E-state index contributed by atoms with van der Waals surface area (Å²) in [5, 5.41) is 3.33. The molecule has 3 heterocycles. The summed E-state index contributed by atoms with van der Waals surface area (Å²) < 4.78 is 0. The van der Waals surface area contributed by atoms with Gasteiger partial charge in [-0.25, -0.2) is 15.0 Å². The lowest BCUT2D eigenvalue weighted by Crippen LogP contribution is -2.23. The van der Waals surface area contributed by atoms with Crippen LogP contribution in [0, 0.1) is 13.8 Å². The Morgan fingerprint density at radius 1 is 1.28 bits per heavy atom. The van der Waals surface area contributed by atoms with Crippen molar-refractivity contribution in [1.82, 2.24) is 15.0 Å². The molecule has 4 nitrogen and oxygen atoms in total. The summed E-state index contributed by atoms with van der Waals surface area (Å²) in [5.41, 5.74) is 2.13. The normalized spacial score (nSPS) is 19.4. The van der Waals surface area contributed by atoms with Crippen LogP contribution in [0.2, 0.25) is 0 Å². The fourth-order valence-electron chi connectivity index (χ4n) is 2.42. The largest absolute Gasteiger partial charge is 0.347 e. The topological polar surface area (TPSA) is 41.9 Å². The predicted molar refractivity (Wildman–Crippen MR) is 72.9 cm³/mol. The maximum Gasteiger partial charge on any atom is 0.132 e. The smallest absolute Gasteiger partial charge is 0.132 e. The number of thiazole rings is 1. The Balaban J connectivity index is 1.92. The van der Waals surface area contributed by atoms with Crippen LogP contribution in [0.1, 0.15) is 35.3 Å². The molecule has 5 heteroatoms. The first-order valence-electron chi connectivity index (χ1n) is 6.21. The highest BCUT2D eigenvalue weighted by molar-refractivity contribution is 7.09. The average Bonchev–Trinajstić information content (AvgIpc) is 2.96. The molecule has 1 atom stereocenters. The molecule has 0 amide bonds. The molecule has 0 bridgehead atoms. The minimum Gasteiger partial charge on any atom is -0.347 e. The van der Waals surface area contributed by atoms with Crippen LogP contribution in [0.4, 0.5) is 5.82 Å². The first kappa shape index (κ1) is 11.6. The maximum atomic E-state index is 4.62. The molecule has 2 aromatic heterocycles. The van der Waals surface area contributed by atoms with Crippen molar-refractivity contribution >= 4 is 17.2 Å². The monoisotopic (exact) mass is 260 g/mol. The molecule has 1 aliphatic rings. The number of hydrogen-bond donors (Lipinski definition) is 0. The van der Waals surface area contributed by atoms with Gasteiger partial charge in [-0.15, -0.1) is 11.3 Å². The Morgan fingerprint density at radius 3 is 2.89 bits per heavy atom. The van der Waals surface area contributed by atoms with E-state index in [2.05, 4.69) is 31.3 Å². The van der Waals surface area contributed by atoms with Crippen molar-refractivity contribution in [3.05, 3.63) is 34.2 Å². The molecule has 0 spiro atoms. The lowest BCUT2D eigenvalue weighted by molar-refractivity contribution is 0.702. The van der Waals surface area contributed by atoms with Gasteiger partial charge in [-0.3, -0.25) is 0 Å². The zero-order valence-corrected chi connectivity index (χ0v) is 11.4. The van der Waals surface area contributed by atoms with Crippen LogP contribution < -0.4 is 4.90 Å². The van der Waals surface area contributed by atoms with Crippen LogP contribution in [-0.4, -0.2) is 21.5 Å². The van der Waals surface area contributed by atoms with Gasteiger partial charge < -0.3 is 4.90 Å².